The first-order valence-electron chi connectivity index (χ1n) is 6.36. The molecule has 1 unspecified atom stereocenters. The minimum Gasteiger partial charge on any atom is -0.324 e. The Morgan fingerprint density at radius 3 is 2.89 bits per heavy atom. The third-order valence-corrected chi connectivity index (χ3v) is 4.36. The van der Waals surface area contributed by atoms with Crippen molar-refractivity contribution in [1.29, 1.82) is 0 Å². The van der Waals surface area contributed by atoms with Gasteiger partial charge in [0.2, 0.25) is 0 Å². The van der Waals surface area contributed by atoms with Crippen LogP contribution in [0.25, 0.3) is 0 Å². The van der Waals surface area contributed by atoms with Gasteiger partial charge < -0.3 is 10.6 Å². The summed E-state index contributed by atoms with van der Waals surface area (Å²) >= 11 is 5.23. The molecule has 0 bridgehead atoms. The molecule has 19 heavy (non-hydrogen) atoms. The minimum atomic E-state index is 0.0995. The lowest BCUT2D eigenvalue weighted by molar-refractivity contribution is 0.312. The summed E-state index contributed by atoms with van der Waals surface area (Å²) in [6.07, 6.45) is 0.969. The van der Waals surface area contributed by atoms with Crippen LogP contribution in [0, 0.1) is 0 Å². The van der Waals surface area contributed by atoms with Gasteiger partial charge in [-0.25, -0.2) is 0 Å². The van der Waals surface area contributed by atoms with Gasteiger partial charge in [-0.2, -0.15) is 11.3 Å². The predicted molar refractivity (Wildman–Crippen MR) is 86.3 cm³/mol. The number of thiophene rings is 1. The zero-order chi connectivity index (χ0) is 13.7. The molecule has 0 aliphatic heterocycles. The van der Waals surface area contributed by atoms with Crippen molar-refractivity contribution < 1.29 is 0 Å². The molecule has 2 nitrogen and oxygen atoms in total. The highest BCUT2D eigenvalue weighted by atomic mass is 79.9. The van der Waals surface area contributed by atoms with Crippen molar-refractivity contribution in [2.24, 2.45) is 5.73 Å². The molecule has 1 aromatic heterocycles. The van der Waals surface area contributed by atoms with E-state index in [4.69, 9.17) is 5.73 Å². The van der Waals surface area contributed by atoms with Crippen molar-refractivity contribution in [2.45, 2.75) is 19.0 Å². The van der Waals surface area contributed by atoms with Crippen molar-refractivity contribution in [3.05, 3.63) is 56.7 Å². The van der Waals surface area contributed by atoms with Gasteiger partial charge in [0, 0.05) is 17.1 Å². The molecule has 1 aromatic carbocycles. The van der Waals surface area contributed by atoms with Crippen molar-refractivity contribution in [1.82, 2.24) is 4.90 Å². The summed E-state index contributed by atoms with van der Waals surface area (Å²) in [5.74, 6) is 0. The first-order chi connectivity index (χ1) is 9.15. The van der Waals surface area contributed by atoms with Crippen LogP contribution in [0.5, 0.6) is 0 Å². The molecule has 2 rings (SSSR count). The topological polar surface area (TPSA) is 29.3 Å². The molecule has 2 N–H and O–H groups in total. The number of benzene rings is 1. The summed E-state index contributed by atoms with van der Waals surface area (Å²) in [5.41, 5.74) is 8.81. The zero-order valence-electron chi connectivity index (χ0n) is 11.1. The fourth-order valence-electron chi connectivity index (χ4n) is 2.04. The summed E-state index contributed by atoms with van der Waals surface area (Å²) < 4.78 is 1.09. The Kier molecular flexibility index (Phi) is 5.58. The van der Waals surface area contributed by atoms with E-state index < -0.39 is 0 Å². The van der Waals surface area contributed by atoms with E-state index >= 15 is 0 Å². The number of hydrogen-bond donors (Lipinski definition) is 1. The van der Waals surface area contributed by atoms with E-state index in [2.05, 4.69) is 56.8 Å². The van der Waals surface area contributed by atoms with Crippen molar-refractivity contribution in [3.63, 3.8) is 0 Å². The number of halogens is 1. The maximum Gasteiger partial charge on any atom is 0.0307 e. The first kappa shape index (κ1) is 14.7. The van der Waals surface area contributed by atoms with E-state index in [1.54, 1.807) is 11.3 Å². The van der Waals surface area contributed by atoms with Gasteiger partial charge in [0.05, 0.1) is 0 Å². The van der Waals surface area contributed by atoms with Gasteiger partial charge in [0.25, 0.3) is 0 Å². The highest BCUT2D eigenvalue weighted by Crippen LogP contribution is 2.19. The average Bonchev–Trinajstić information content (AvgIpc) is 2.88. The number of rotatable bonds is 6. The van der Waals surface area contributed by atoms with Gasteiger partial charge in [-0.15, -0.1) is 0 Å². The summed E-state index contributed by atoms with van der Waals surface area (Å²) in [6, 6.07) is 10.5. The van der Waals surface area contributed by atoms with Crippen LogP contribution >= 0.6 is 27.3 Å². The third-order valence-electron chi connectivity index (χ3n) is 3.13. The summed E-state index contributed by atoms with van der Waals surface area (Å²) in [4.78, 5) is 2.32. The Hall–Kier alpha value is -0.680. The normalized spacial score (nSPS) is 12.8. The first-order valence-corrected chi connectivity index (χ1v) is 8.09. The largest absolute Gasteiger partial charge is 0.324 e. The molecule has 0 saturated heterocycles. The van der Waals surface area contributed by atoms with Gasteiger partial charge in [0.1, 0.15) is 0 Å². The van der Waals surface area contributed by atoms with Crippen LogP contribution in [-0.4, -0.2) is 18.5 Å². The molecule has 0 fully saturated rings. The Morgan fingerprint density at radius 1 is 1.37 bits per heavy atom. The van der Waals surface area contributed by atoms with E-state index in [1.165, 1.54) is 11.1 Å². The quantitative estimate of drug-likeness (QED) is 0.861. The number of hydrogen-bond acceptors (Lipinski definition) is 3. The molecule has 1 heterocycles. The molecule has 0 spiro atoms. The summed E-state index contributed by atoms with van der Waals surface area (Å²) in [7, 11) is 2.14. The second-order valence-corrected chi connectivity index (χ2v) is 6.52. The molecule has 1 atom stereocenters. The summed E-state index contributed by atoms with van der Waals surface area (Å²) in [5, 5.41) is 4.32. The number of nitrogens with zero attached hydrogens (tertiary/aromatic N) is 1. The third kappa shape index (κ3) is 4.73. The van der Waals surface area contributed by atoms with E-state index in [9.17, 15) is 0 Å². The Balaban J connectivity index is 1.81. The summed E-state index contributed by atoms with van der Waals surface area (Å²) in [6.45, 7) is 2.00. The predicted octanol–water partition coefficient (Wildman–Crippen LogP) is 4.03. The molecule has 102 valence electrons. The van der Waals surface area contributed by atoms with E-state index in [0.717, 1.165) is 24.0 Å². The lowest BCUT2D eigenvalue weighted by atomic mass is 10.0. The van der Waals surface area contributed by atoms with Gasteiger partial charge in [-0.1, -0.05) is 28.1 Å². The highest BCUT2D eigenvalue weighted by molar-refractivity contribution is 9.10. The number of nitrogens with two attached hydrogens (primary N) is 1. The van der Waals surface area contributed by atoms with E-state index in [-0.39, 0.29) is 6.04 Å². The molecule has 0 saturated carbocycles. The molecular weight excluding hydrogens is 320 g/mol. The van der Waals surface area contributed by atoms with Crippen LogP contribution in [0.1, 0.15) is 23.6 Å². The van der Waals surface area contributed by atoms with Crippen LogP contribution in [0.2, 0.25) is 0 Å². The zero-order valence-corrected chi connectivity index (χ0v) is 13.5. The molecular formula is C15H19BrN2S. The highest BCUT2D eigenvalue weighted by Gasteiger charge is 2.08. The Labute approximate surface area is 127 Å². The lowest BCUT2D eigenvalue weighted by Gasteiger charge is -2.19. The van der Waals surface area contributed by atoms with Crippen LogP contribution in [-0.2, 0) is 6.54 Å². The molecule has 4 heteroatoms. The Bertz CT molecular complexity index is 499. The van der Waals surface area contributed by atoms with E-state index in [0.29, 0.717) is 0 Å². The van der Waals surface area contributed by atoms with Crippen LogP contribution < -0.4 is 5.73 Å². The fraction of sp³-hybridized carbons (Fsp3) is 0.333. The SMILES string of the molecule is CN(CCC(N)c1cccc(Br)c1)Cc1ccsc1. The second kappa shape index (κ2) is 7.20. The van der Waals surface area contributed by atoms with Gasteiger partial charge in [-0.05, 0) is 60.1 Å². The average molecular weight is 339 g/mol. The monoisotopic (exact) mass is 338 g/mol. The lowest BCUT2D eigenvalue weighted by Crippen LogP contribution is -2.23. The van der Waals surface area contributed by atoms with Gasteiger partial charge in [0.15, 0.2) is 0 Å². The molecule has 0 aliphatic carbocycles. The van der Waals surface area contributed by atoms with Crippen molar-refractivity contribution >= 4 is 27.3 Å². The smallest absolute Gasteiger partial charge is 0.0307 e. The van der Waals surface area contributed by atoms with Crippen molar-refractivity contribution in [2.75, 3.05) is 13.6 Å². The fourth-order valence-corrected chi connectivity index (χ4v) is 3.11. The maximum absolute atomic E-state index is 6.24. The molecule has 2 aromatic rings. The molecule has 0 amide bonds. The van der Waals surface area contributed by atoms with Gasteiger partial charge in [-0.3, -0.25) is 0 Å². The maximum atomic E-state index is 6.24. The van der Waals surface area contributed by atoms with E-state index in [1.807, 2.05) is 12.1 Å². The minimum absolute atomic E-state index is 0.0995. The standard InChI is InChI=1S/C15H19BrN2S/c1-18(10-12-6-8-19-11-12)7-5-15(17)13-3-2-4-14(16)9-13/h2-4,6,8-9,11,15H,5,7,10,17H2,1H3. The van der Waals surface area contributed by atoms with Crippen LogP contribution in [0.3, 0.4) is 0 Å². The molecule has 0 radical (unpaired) electrons. The Morgan fingerprint density at radius 2 is 2.21 bits per heavy atom. The van der Waals surface area contributed by atoms with Gasteiger partial charge >= 0.3 is 0 Å². The van der Waals surface area contributed by atoms with Crippen molar-refractivity contribution in [3.8, 4) is 0 Å². The second-order valence-electron chi connectivity index (χ2n) is 4.82. The molecule has 0 aliphatic rings. The van der Waals surface area contributed by atoms with Crippen LogP contribution in [0.15, 0.2) is 45.6 Å². The van der Waals surface area contributed by atoms with Crippen LogP contribution in [0.4, 0.5) is 0 Å².